The van der Waals surface area contributed by atoms with Gasteiger partial charge in [0.15, 0.2) is 0 Å². The Balaban J connectivity index is 1.64. The molecule has 3 rings (SSSR count). The minimum Gasteiger partial charge on any atom is -0.465 e. The molecule has 0 saturated heterocycles. The summed E-state index contributed by atoms with van der Waals surface area (Å²) in [5.41, 5.74) is 2.99. The van der Waals surface area contributed by atoms with Crippen molar-refractivity contribution in [3.63, 3.8) is 0 Å². The molecular formula is C21H22BrN3O4S. The fourth-order valence-corrected chi connectivity index (χ4v) is 4.61. The number of carbonyl (C=O) groups is 1. The molecule has 1 N–H and O–H groups in total. The third-order valence-electron chi connectivity index (χ3n) is 4.67. The summed E-state index contributed by atoms with van der Waals surface area (Å²) < 4.78 is 32.2. The Morgan fingerprint density at radius 2 is 1.90 bits per heavy atom. The molecule has 0 amide bonds. The number of methoxy groups -OCH3 is 1. The number of hydrogen-bond acceptors (Lipinski definition) is 5. The molecule has 7 nitrogen and oxygen atoms in total. The van der Waals surface area contributed by atoms with E-state index in [2.05, 4.69) is 26.1 Å². The van der Waals surface area contributed by atoms with Crippen molar-refractivity contribution in [3.8, 4) is 11.3 Å². The minimum atomic E-state index is -3.73. The molecule has 2 aromatic carbocycles. The van der Waals surface area contributed by atoms with Crippen molar-refractivity contribution < 1.29 is 17.9 Å². The number of nitrogens with zero attached hydrogens (tertiary/aromatic N) is 2. The van der Waals surface area contributed by atoms with E-state index in [4.69, 9.17) is 4.74 Å². The number of nitrogens with one attached hydrogen (secondary N) is 1. The highest BCUT2D eigenvalue weighted by Gasteiger charge is 2.23. The topological polar surface area (TPSA) is 92.4 Å². The fraction of sp³-hybridized carbons (Fsp3) is 0.238. The van der Waals surface area contributed by atoms with Gasteiger partial charge >= 0.3 is 5.97 Å². The first-order valence-electron chi connectivity index (χ1n) is 9.27. The standard InChI is InChI=1S/C21H22BrN3O4S/c1-25(30(27,28)17-10-11-19(22)18(14-17)21(26)29-2)12-6-9-16-13-20(24-23-16)15-7-4-3-5-8-15/h3-5,7-8,10-11,13-14H,6,9,12H2,1-2H3,(H,23,24). The highest BCUT2D eigenvalue weighted by Crippen LogP contribution is 2.24. The number of H-pyrrole nitrogens is 1. The van der Waals surface area contributed by atoms with Crippen LogP contribution in [0, 0.1) is 0 Å². The lowest BCUT2D eigenvalue weighted by atomic mass is 10.1. The predicted octanol–water partition coefficient (Wildman–Crippen LogP) is 3.88. The van der Waals surface area contributed by atoms with Crippen molar-refractivity contribution >= 4 is 31.9 Å². The van der Waals surface area contributed by atoms with E-state index in [0.717, 1.165) is 17.0 Å². The first-order chi connectivity index (χ1) is 14.3. The number of ether oxygens (including phenoxy) is 1. The molecule has 0 radical (unpaired) electrons. The lowest BCUT2D eigenvalue weighted by molar-refractivity contribution is 0.0599. The van der Waals surface area contributed by atoms with Crippen LogP contribution in [-0.4, -0.2) is 49.6 Å². The summed E-state index contributed by atoms with van der Waals surface area (Å²) in [4.78, 5) is 11.9. The molecule has 1 heterocycles. The Morgan fingerprint density at radius 3 is 2.60 bits per heavy atom. The Morgan fingerprint density at radius 1 is 1.17 bits per heavy atom. The average Bonchev–Trinajstić information content (AvgIpc) is 3.23. The van der Waals surface area contributed by atoms with Gasteiger partial charge in [-0.05, 0) is 53.0 Å². The zero-order valence-electron chi connectivity index (χ0n) is 16.6. The van der Waals surface area contributed by atoms with Crippen LogP contribution in [0.2, 0.25) is 0 Å². The van der Waals surface area contributed by atoms with Crippen molar-refractivity contribution in [2.24, 2.45) is 0 Å². The molecule has 9 heteroatoms. The van der Waals surface area contributed by atoms with Gasteiger partial charge in [0, 0.05) is 29.3 Å². The van der Waals surface area contributed by atoms with Crippen LogP contribution in [0.3, 0.4) is 0 Å². The zero-order chi connectivity index (χ0) is 21.7. The van der Waals surface area contributed by atoms with Gasteiger partial charge in [-0.15, -0.1) is 0 Å². The smallest absolute Gasteiger partial charge is 0.339 e. The van der Waals surface area contributed by atoms with Gasteiger partial charge in [-0.2, -0.15) is 5.10 Å². The molecule has 3 aromatic rings. The number of benzene rings is 2. The van der Waals surface area contributed by atoms with Crippen molar-refractivity contribution in [1.29, 1.82) is 0 Å². The molecule has 158 valence electrons. The van der Waals surface area contributed by atoms with Gasteiger partial charge in [-0.1, -0.05) is 30.3 Å². The van der Waals surface area contributed by atoms with Crippen LogP contribution in [0.4, 0.5) is 0 Å². The number of aromatic nitrogens is 2. The van der Waals surface area contributed by atoms with Gasteiger partial charge in [-0.3, -0.25) is 5.10 Å². The summed E-state index contributed by atoms with van der Waals surface area (Å²) >= 11 is 3.24. The van der Waals surface area contributed by atoms with E-state index in [1.165, 1.54) is 36.7 Å². The second-order valence-corrected chi connectivity index (χ2v) is 9.61. The summed E-state index contributed by atoms with van der Waals surface area (Å²) in [6.45, 7) is 0.325. The Bertz CT molecular complexity index is 1130. The van der Waals surface area contributed by atoms with E-state index < -0.39 is 16.0 Å². The van der Waals surface area contributed by atoms with Crippen LogP contribution in [0.25, 0.3) is 11.3 Å². The molecule has 0 bridgehead atoms. The summed E-state index contributed by atoms with van der Waals surface area (Å²) in [5.74, 6) is -0.602. The number of sulfonamides is 1. The minimum absolute atomic E-state index is 0.0431. The van der Waals surface area contributed by atoms with Crippen LogP contribution >= 0.6 is 15.9 Å². The molecular weight excluding hydrogens is 470 g/mol. The molecule has 0 aliphatic heterocycles. The average molecular weight is 492 g/mol. The molecule has 0 spiro atoms. The third kappa shape index (κ3) is 4.97. The number of aryl methyl sites for hydroxylation is 1. The Labute approximate surface area is 184 Å². The second kappa shape index (κ2) is 9.55. The largest absolute Gasteiger partial charge is 0.465 e. The molecule has 0 atom stereocenters. The molecule has 0 unspecified atom stereocenters. The predicted molar refractivity (Wildman–Crippen MR) is 118 cm³/mol. The van der Waals surface area contributed by atoms with Crippen LogP contribution in [-0.2, 0) is 21.2 Å². The van der Waals surface area contributed by atoms with Gasteiger partial charge in [0.25, 0.3) is 0 Å². The van der Waals surface area contributed by atoms with Crippen molar-refractivity contribution in [2.45, 2.75) is 17.7 Å². The number of carbonyl (C=O) groups excluding carboxylic acids is 1. The van der Waals surface area contributed by atoms with E-state index in [1.54, 1.807) is 0 Å². The molecule has 30 heavy (non-hydrogen) atoms. The van der Waals surface area contributed by atoms with E-state index in [-0.39, 0.29) is 10.5 Å². The monoisotopic (exact) mass is 491 g/mol. The molecule has 0 fully saturated rings. The highest BCUT2D eigenvalue weighted by atomic mass is 79.9. The summed E-state index contributed by atoms with van der Waals surface area (Å²) in [5, 5.41) is 7.32. The number of aromatic amines is 1. The van der Waals surface area contributed by atoms with Crippen LogP contribution in [0.15, 0.2) is 64.0 Å². The van der Waals surface area contributed by atoms with Gasteiger partial charge in [0.1, 0.15) is 0 Å². The van der Waals surface area contributed by atoms with Crippen molar-refractivity contribution in [1.82, 2.24) is 14.5 Å². The maximum Gasteiger partial charge on any atom is 0.339 e. The van der Waals surface area contributed by atoms with Gasteiger partial charge in [0.05, 0.1) is 23.3 Å². The SMILES string of the molecule is COC(=O)c1cc(S(=O)(=O)N(C)CCCc2cc(-c3ccccc3)n[nH]2)ccc1Br. The normalized spacial score (nSPS) is 11.6. The molecule has 0 aliphatic carbocycles. The first kappa shape index (κ1) is 22.2. The number of halogens is 1. The second-order valence-electron chi connectivity index (χ2n) is 6.71. The van der Waals surface area contributed by atoms with Crippen molar-refractivity contribution in [2.75, 3.05) is 20.7 Å². The summed E-state index contributed by atoms with van der Waals surface area (Å²) in [6.07, 6.45) is 1.28. The maximum absolute atomic E-state index is 12.9. The lowest BCUT2D eigenvalue weighted by Crippen LogP contribution is -2.28. The van der Waals surface area contributed by atoms with E-state index in [9.17, 15) is 13.2 Å². The van der Waals surface area contributed by atoms with Gasteiger partial charge in [0.2, 0.25) is 10.0 Å². The quantitative estimate of drug-likeness (QED) is 0.482. The number of esters is 1. The number of rotatable bonds is 8. The van der Waals surface area contributed by atoms with Crippen LogP contribution in [0.5, 0.6) is 0 Å². The molecule has 1 aromatic heterocycles. The van der Waals surface area contributed by atoms with Crippen LogP contribution in [0.1, 0.15) is 22.5 Å². The van der Waals surface area contributed by atoms with E-state index in [1.807, 2.05) is 36.4 Å². The first-order valence-corrected chi connectivity index (χ1v) is 11.5. The van der Waals surface area contributed by atoms with E-state index in [0.29, 0.717) is 23.9 Å². The fourth-order valence-electron chi connectivity index (χ4n) is 2.97. The highest BCUT2D eigenvalue weighted by molar-refractivity contribution is 9.10. The summed E-state index contributed by atoms with van der Waals surface area (Å²) in [7, 11) is -0.957. The lowest BCUT2D eigenvalue weighted by Gasteiger charge is -2.17. The molecule has 0 saturated carbocycles. The van der Waals surface area contributed by atoms with E-state index >= 15 is 0 Å². The third-order valence-corrected chi connectivity index (χ3v) is 7.22. The Kier molecular flexibility index (Phi) is 7.06. The van der Waals surface area contributed by atoms with Gasteiger partial charge in [-0.25, -0.2) is 17.5 Å². The Hall–Kier alpha value is -2.49. The van der Waals surface area contributed by atoms with Gasteiger partial charge < -0.3 is 4.74 Å². The summed E-state index contributed by atoms with van der Waals surface area (Å²) in [6, 6.07) is 16.1. The maximum atomic E-state index is 12.9. The molecule has 0 aliphatic rings. The zero-order valence-corrected chi connectivity index (χ0v) is 19.0. The van der Waals surface area contributed by atoms with Crippen LogP contribution < -0.4 is 0 Å². The number of hydrogen-bond donors (Lipinski definition) is 1. The van der Waals surface area contributed by atoms with Crippen molar-refractivity contribution in [3.05, 3.63) is 70.3 Å².